The van der Waals surface area contributed by atoms with Gasteiger partial charge in [0.25, 0.3) is 0 Å². The molecule has 1 saturated heterocycles. The van der Waals surface area contributed by atoms with Gasteiger partial charge in [0.15, 0.2) is 5.78 Å². The number of rotatable bonds is 5. The Hall–Kier alpha value is -2.45. The van der Waals surface area contributed by atoms with Gasteiger partial charge in [0.2, 0.25) is 11.7 Å². The Labute approximate surface area is 158 Å². The monoisotopic (exact) mass is 389 g/mol. The van der Waals surface area contributed by atoms with E-state index in [9.17, 15) is 13.6 Å². The number of hydrogen-bond donors (Lipinski definition) is 0. The van der Waals surface area contributed by atoms with Gasteiger partial charge < -0.3 is 4.52 Å². The first-order valence-electron chi connectivity index (χ1n) is 8.67. The molecule has 0 spiro atoms. The van der Waals surface area contributed by atoms with E-state index in [2.05, 4.69) is 15.0 Å². The minimum Gasteiger partial charge on any atom is -0.338 e. The van der Waals surface area contributed by atoms with E-state index in [0.717, 1.165) is 23.8 Å². The minimum atomic E-state index is -0.671. The summed E-state index contributed by atoms with van der Waals surface area (Å²) < 4.78 is 32.5. The molecule has 0 saturated carbocycles. The zero-order valence-corrected chi connectivity index (χ0v) is 15.2. The maximum Gasteiger partial charge on any atom is 0.241 e. The van der Waals surface area contributed by atoms with E-state index in [1.807, 2.05) is 16.8 Å². The van der Waals surface area contributed by atoms with Crippen molar-refractivity contribution in [3.8, 4) is 11.4 Å². The van der Waals surface area contributed by atoms with Crippen LogP contribution in [0.3, 0.4) is 0 Å². The highest BCUT2D eigenvalue weighted by molar-refractivity contribution is 7.08. The minimum absolute atomic E-state index is 0.161. The molecule has 0 radical (unpaired) electrons. The first-order chi connectivity index (χ1) is 13.1. The van der Waals surface area contributed by atoms with Crippen LogP contribution < -0.4 is 0 Å². The molecule has 0 N–H and O–H groups in total. The number of aromatic nitrogens is 2. The molecular weight excluding hydrogens is 372 g/mol. The average Bonchev–Trinajstić information content (AvgIpc) is 3.35. The predicted molar refractivity (Wildman–Crippen MR) is 96.3 cm³/mol. The van der Waals surface area contributed by atoms with E-state index in [1.165, 1.54) is 0 Å². The molecule has 1 aliphatic rings. The number of Topliss-reactive ketones (excluding diaryl/α,β-unsaturated/α-hetero) is 1. The van der Waals surface area contributed by atoms with Crippen molar-refractivity contribution < 1.29 is 18.1 Å². The molecule has 0 bridgehead atoms. The van der Waals surface area contributed by atoms with Gasteiger partial charge in [-0.25, -0.2) is 8.78 Å². The molecule has 3 heterocycles. The number of piperidine rings is 1. The lowest BCUT2D eigenvalue weighted by molar-refractivity contribution is 0.0820. The third-order valence-electron chi connectivity index (χ3n) is 4.76. The van der Waals surface area contributed by atoms with Crippen LogP contribution in [0.25, 0.3) is 11.4 Å². The zero-order valence-electron chi connectivity index (χ0n) is 14.4. The normalized spacial score (nSPS) is 15.9. The highest BCUT2D eigenvalue weighted by atomic mass is 32.1. The molecule has 140 valence electrons. The summed E-state index contributed by atoms with van der Waals surface area (Å²) >= 11 is 1.57. The van der Waals surface area contributed by atoms with Crippen molar-refractivity contribution in [2.45, 2.75) is 19.4 Å². The van der Waals surface area contributed by atoms with Crippen molar-refractivity contribution in [3.63, 3.8) is 0 Å². The van der Waals surface area contributed by atoms with Gasteiger partial charge in [0.1, 0.15) is 11.6 Å². The van der Waals surface area contributed by atoms with Crippen LogP contribution in [0.2, 0.25) is 0 Å². The molecule has 8 heteroatoms. The SMILES string of the molecule is O=C(c1cc(F)ccc1F)C1CCN(Cc2nc(-c3ccsc3)no2)CC1. The first kappa shape index (κ1) is 17.9. The maximum absolute atomic E-state index is 13.8. The highest BCUT2D eigenvalue weighted by Gasteiger charge is 2.28. The summed E-state index contributed by atoms with van der Waals surface area (Å²) in [6, 6.07) is 4.93. The van der Waals surface area contributed by atoms with Crippen LogP contribution in [0.4, 0.5) is 8.78 Å². The fraction of sp³-hybridized carbons (Fsp3) is 0.316. The van der Waals surface area contributed by atoms with Crippen LogP contribution in [0.15, 0.2) is 39.5 Å². The summed E-state index contributed by atoms with van der Waals surface area (Å²) in [5.74, 6) is -0.813. The lowest BCUT2D eigenvalue weighted by Crippen LogP contribution is -2.36. The van der Waals surface area contributed by atoms with Crippen molar-refractivity contribution in [3.05, 3.63) is 58.1 Å². The summed E-state index contributed by atoms with van der Waals surface area (Å²) in [6.07, 6.45) is 1.17. The molecule has 0 atom stereocenters. The van der Waals surface area contributed by atoms with E-state index in [1.54, 1.807) is 11.3 Å². The van der Waals surface area contributed by atoms with Crippen molar-refractivity contribution >= 4 is 17.1 Å². The Balaban J connectivity index is 1.35. The molecule has 5 nitrogen and oxygen atoms in total. The van der Waals surface area contributed by atoms with Gasteiger partial charge in [-0.3, -0.25) is 9.69 Å². The van der Waals surface area contributed by atoms with Crippen molar-refractivity contribution in [1.29, 1.82) is 0 Å². The molecule has 0 amide bonds. The molecule has 1 fully saturated rings. The van der Waals surface area contributed by atoms with Gasteiger partial charge in [0.05, 0.1) is 12.1 Å². The van der Waals surface area contributed by atoms with Crippen LogP contribution >= 0.6 is 11.3 Å². The molecule has 1 aliphatic heterocycles. The largest absolute Gasteiger partial charge is 0.338 e. The van der Waals surface area contributed by atoms with Crippen LogP contribution in [-0.2, 0) is 6.54 Å². The average molecular weight is 389 g/mol. The quantitative estimate of drug-likeness (QED) is 0.613. The van der Waals surface area contributed by atoms with Gasteiger partial charge in [-0.05, 0) is 55.6 Å². The fourth-order valence-electron chi connectivity index (χ4n) is 3.28. The smallest absolute Gasteiger partial charge is 0.241 e. The van der Waals surface area contributed by atoms with Crippen LogP contribution in [0.5, 0.6) is 0 Å². The predicted octanol–water partition coefficient (Wildman–Crippen LogP) is 4.17. The number of likely N-dealkylation sites (tertiary alicyclic amines) is 1. The second kappa shape index (κ2) is 7.66. The summed E-state index contributed by atoms with van der Waals surface area (Å²) in [7, 11) is 0. The zero-order chi connectivity index (χ0) is 18.8. The second-order valence-electron chi connectivity index (χ2n) is 6.56. The number of thiophene rings is 1. The maximum atomic E-state index is 13.8. The molecule has 4 rings (SSSR count). The molecule has 0 aliphatic carbocycles. The third-order valence-corrected chi connectivity index (χ3v) is 5.44. The Morgan fingerprint density at radius 1 is 1.26 bits per heavy atom. The van der Waals surface area contributed by atoms with Crippen LogP contribution in [0.1, 0.15) is 29.1 Å². The Bertz CT molecular complexity index is 934. The van der Waals surface area contributed by atoms with E-state index >= 15 is 0 Å². The lowest BCUT2D eigenvalue weighted by Gasteiger charge is -2.30. The van der Waals surface area contributed by atoms with Crippen LogP contribution in [-0.4, -0.2) is 33.9 Å². The molecule has 1 aromatic carbocycles. The van der Waals surface area contributed by atoms with E-state index in [-0.39, 0.29) is 17.3 Å². The molecule has 27 heavy (non-hydrogen) atoms. The van der Waals surface area contributed by atoms with Crippen LogP contribution in [0, 0.1) is 17.6 Å². The summed E-state index contributed by atoms with van der Waals surface area (Å²) in [5.41, 5.74) is 0.766. The summed E-state index contributed by atoms with van der Waals surface area (Å²) in [6.45, 7) is 1.82. The molecule has 0 unspecified atom stereocenters. The van der Waals surface area contributed by atoms with Crippen molar-refractivity contribution in [2.75, 3.05) is 13.1 Å². The number of ketones is 1. The first-order valence-corrected chi connectivity index (χ1v) is 9.61. The van der Waals surface area contributed by atoms with Crippen molar-refractivity contribution in [1.82, 2.24) is 15.0 Å². The molecular formula is C19H17F2N3O2S. The molecule has 2 aromatic heterocycles. The summed E-state index contributed by atoms with van der Waals surface area (Å²) in [4.78, 5) is 19.0. The lowest BCUT2D eigenvalue weighted by atomic mass is 9.88. The van der Waals surface area contributed by atoms with Gasteiger partial charge >= 0.3 is 0 Å². The number of halogens is 2. The standard InChI is InChI=1S/C19H17F2N3O2S/c20-14-1-2-16(21)15(9-14)18(25)12-3-6-24(7-4-12)10-17-22-19(23-26-17)13-5-8-27-11-13/h1-2,5,8-9,11-12H,3-4,6-7,10H2. The topological polar surface area (TPSA) is 59.2 Å². The number of hydrogen-bond acceptors (Lipinski definition) is 6. The van der Waals surface area contributed by atoms with Crippen molar-refractivity contribution in [2.24, 2.45) is 5.92 Å². The second-order valence-corrected chi connectivity index (χ2v) is 7.34. The Morgan fingerprint density at radius 2 is 2.07 bits per heavy atom. The van der Waals surface area contributed by atoms with Gasteiger partial charge in [-0.15, -0.1) is 0 Å². The highest BCUT2D eigenvalue weighted by Crippen LogP contribution is 2.25. The number of benzene rings is 1. The van der Waals surface area contributed by atoms with E-state index in [4.69, 9.17) is 4.52 Å². The van der Waals surface area contributed by atoms with Gasteiger partial charge in [-0.1, -0.05) is 5.16 Å². The third kappa shape index (κ3) is 3.96. The van der Waals surface area contributed by atoms with E-state index < -0.39 is 11.6 Å². The van der Waals surface area contributed by atoms with Gasteiger partial charge in [0, 0.05) is 16.9 Å². The summed E-state index contributed by atoms with van der Waals surface area (Å²) in [5, 5.41) is 7.90. The number of nitrogens with zero attached hydrogens (tertiary/aromatic N) is 3. The Morgan fingerprint density at radius 3 is 2.81 bits per heavy atom. The number of carbonyl (C=O) groups is 1. The van der Waals surface area contributed by atoms with E-state index in [0.29, 0.717) is 44.2 Å². The number of carbonyl (C=O) groups excluding carboxylic acids is 1. The van der Waals surface area contributed by atoms with Gasteiger partial charge in [-0.2, -0.15) is 16.3 Å². The molecule has 3 aromatic rings. The fourth-order valence-corrected chi connectivity index (χ4v) is 3.91. The Kier molecular flexibility index (Phi) is 5.09.